The molecule has 0 unspecified atom stereocenters. The summed E-state index contributed by atoms with van der Waals surface area (Å²) in [4.78, 5) is 36.0. The third-order valence-corrected chi connectivity index (χ3v) is 5.10. The van der Waals surface area contributed by atoms with Crippen molar-refractivity contribution in [2.45, 2.75) is 31.1 Å². The van der Waals surface area contributed by atoms with E-state index in [2.05, 4.69) is 10.6 Å². The van der Waals surface area contributed by atoms with Crippen LogP contribution < -0.4 is 10.6 Å². The Balaban J connectivity index is 1.62. The zero-order valence-electron chi connectivity index (χ0n) is 13.3. The summed E-state index contributed by atoms with van der Waals surface area (Å²) in [5.41, 5.74) is 1.10. The van der Waals surface area contributed by atoms with Gasteiger partial charge in [-0.2, -0.15) is 0 Å². The molecule has 1 saturated carbocycles. The van der Waals surface area contributed by atoms with E-state index in [0.717, 1.165) is 25.7 Å². The normalized spacial score (nSPS) is 19.5. The van der Waals surface area contributed by atoms with Crippen molar-refractivity contribution in [3.63, 3.8) is 0 Å². The number of hydrogen-bond acceptors (Lipinski definition) is 3. The van der Waals surface area contributed by atoms with Crippen molar-refractivity contribution in [2.75, 3.05) is 19.6 Å². The first-order valence-electron chi connectivity index (χ1n) is 8.10. The van der Waals surface area contributed by atoms with Gasteiger partial charge < -0.3 is 10.2 Å². The highest BCUT2D eigenvalue weighted by atomic mass is 35.5. The zero-order valence-corrected chi connectivity index (χ0v) is 14.1. The van der Waals surface area contributed by atoms with Gasteiger partial charge in [0.05, 0.1) is 0 Å². The van der Waals surface area contributed by atoms with Crippen LogP contribution in [0, 0.1) is 0 Å². The van der Waals surface area contributed by atoms with Crippen molar-refractivity contribution in [1.82, 2.24) is 15.5 Å². The van der Waals surface area contributed by atoms with Crippen LogP contribution in [-0.4, -0.2) is 42.4 Å². The Morgan fingerprint density at radius 2 is 1.88 bits per heavy atom. The van der Waals surface area contributed by atoms with Crippen LogP contribution in [0.5, 0.6) is 0 Å². The fraction of sp³-hybridized carbons (Fsp3) is 0.471. The van der Waals surface area contributed by atoms with Gasteiger partial charge in [0.15, 0.2) is 0 Å². The van der Waals surface area contributed by atoms with E-state index in [1.165, 1.54) is 10.5 Å². The van der Waals surface area contributed by atoms with E-state index in [-0.39, 0.29) is 30.3 Å². The van der Waals surface area contributed by atoms with E-state index >= 15 is 0 Å². The first-order chi connectivity index (χ1) is 11.5. The van der Waals surface area contributed by atoms with Crippen LogP contribution in [0.2, 0.25) is 5.02 Å². The first-order valence-corrected chi connectivity index (χ1v) is 8.48. The minimum absolute atomic E-state index is 0.0609. The monoisotopic (exact) mass is 349 g/mol. The van der Waals surface area contributed by atoms with Crippen molar-refractivity contribution in [3.05, 3.63) is 34.9 Å². The highest BCUT2D eigenvalue weighted by Gasteiger charge is 2.36. The van der Waals surface area contributed by atoms with Gasteiger partial charge in [-0.05, 0) is 30.5 Å². The van der Waals surface area contributed by atoms with Crippen LogP contribution in [0.15, 0.2) is 24.3 Å². The van der Waals surface area contributed by atoms with Crippen LogP contribution in [-0.2, 0) is 15.0 Å². The minimum Gasteiger partial charge on any atom is -0.354 e. The number of urea groups is 1. The van der Waals surface area contributed by atoms with Crippen LogP contribution in [0.1, 0.15) is 31.2 Å². The highest BCUT2D eigenvalue weighted by molar-refractivity contribution is 6.30. The van der Waals surface area contributed by atoms with Gasteiger partial charge in [-0.25, -0.2) is 4.79 Å². The van der Waals surface area contributed by atoms with E-state index in [9.17, 15) is 14.4 Å². The average molecular weight is 350 g/mol. The molecule has 0 spiro atoms. The van der Waals surface area contributed by atoms with Gasteiger partial charge in [-0.1, -0.05) is 36.6 Å². The number of imide groups is 1. The fourth-order valence-corrected chi connectivity index (χ4v) is 3.66. The summed E-state index contributed by atoms with van der Waals surface area (Å²) in [5, 5.41) is 5.79. The molecule has 1 aromatic rings. The Labute approximate surface area is 145 Å². The number of halogens is 1. The predicted molar refractivity (Wildman–Crippen MR) is 89.7 cm³/mol. The second kappa shape index (κ2) is 6.81. The van der Waals surface area contributed by atoms with E-state index in [1.807, 2.05) is 24.3 Å². The first kappa shape index (κ1) is 16.8. The number of carbonyl (C=O) groups is 3. The van der Waals surface area contributed by atoms with E-state index in [0.29, 0.717) is 11.6 Å². The van der Waals surface area contributed by atoms with Gasteiger partial charge in [-0.3, -0.25) is 14.9 Å². The molecule has 0 aromatic heterocycles. The Morgan fingerprint density at radius 3 is 2.46 bits per heavy atom. The molecule has 7 heteroatoms. The molecular formula is C17H20ClN3O3. The molecule has 4 amide bonds. The third kappa shape index (κ3) is 3.53. The van der Waals surface area contributed by atoms with Crippen molar-refractivity contribution in [1.29, 1.82) is 0 Å². The molecule has 1 aliphatic carbocycles. The molecule has 128 valence electrons. The topological polar surface area (TPSA) is 78.5 Å². The second-order valence-electron chi connectivity index (χ2n) is 6.48. The lowest BCUT2D eigenvalue weighted by atomic mass is 9.79. The number of benzene rings is 1. The summed E-state index contributed by atoms with van der Waals surface area (Å²) in [7, 11) is 0. The maximum Gasteiger partial charge on any atom is 0.325 e. The van der Waals surface area contributed by atoms with Crippen LogP contribution >= 0.6 is 11.6 Å². The summed E-state index contributed by atoms with van der Waals surface area (Å²) in [6, 6.07) is 7.28. The molecule has 24 heavy (non-hydrogen) atoms. The second-order valence-corrected chi connectivity index (χ2v) is 6.92. The number of carbonyl (C=O) groups excluding carboxylic acids is 3. The minimum atomic E-state index is -0.511. The molecule has 1 saturated heterocycles. The van der Waals surface area contributed by atoms with E-state index < -0.39 is 6.03 Å². The Morgan fingerprint density at radius 1 is 1.21 bits per heavy atom. The summed E-state index contributed by atoms with van der Waals surface area (Å²) in [5.74, 6) is -0.624. The highest BCUT2D eigenvalue weighted by Crippen LogP contribution is 2.40. The van der Waals surface area contributed by atoms with Gasteiger partial charge >= 0.3 is 6.03 Å². The number of amides is 4. The smallest absolute Gasteiger partial charge is 0.325 e. The molecule has 2 fully saturated rings. The molecule has 3 rings (SSSR count). The Bertz CT molecular complexity index is 654. The average Bonchev–Trinajstić information content (AvgIpc) is 3.14. The molecule has 2 N–H and O–H groups in total. The third-order valence-electron chi connectivity index (χ3n) is 4.84. The van der Waals surface area contributed by atoms with Crippen LogP contribution in [0.25, 0.3) is 0 Å². The van der Waals surface area contributed by atoms with E-state index in [4.69, 9.17) is 11.6 Å². The van der Waals surface area contributed by atoms with Gasteiger partial charge in [0.1, 0.15) is 13.1 Å². The van der Waals surface area contributed by atoms with Crippen molar-refractivity contribution < 1.29 is 14.4 Å². The lowest BCUT2D eigenvalue weighted by Gasteiger charge is -2.30. The maximum absolute atomic E-state index is 12.2. The summed E-state index contributed by atoms with van der Waals surface area (Å²) >= 11 is 5.97. The van der Waals surface area contributed by atoms with Crippen molar-refractivity contribution >= 4 is 29.4 Å². The van der Waals surface area contributed by atoms with Gasteiger partial charge in [0.25, 0.3) is 0 Å². The molecule has 0 atom stereocenters. The van der Waals surface area contributed by atoms with Gasteiger partial charge in [0.2, 0.25) is 11.8 Å². The van der Waals surface area contributed by atoms with E-state index in [1.54, 1.807) is 0 Å². The molecule has 0 bridgehead atoms. The molecule has 6 nitrogen and oxygen atoms in total. The van der Waals surface area contributed by atoms with Gasteiger partial charge in [-0.15, -0.1) is 0 Å². The molecule has 1 aromatic carbocycles. The number of rotatable bonds is 5. The van der Waals surface area contributed by atoms with Crippen LogP contribution in [0.3, 0.4) is 0 Å². The SMILES string of the molecule is O=C(CN1CC(=O)NC1=O)NCC1(c2ccc(Cl)cc2)CCCC1. The molecule has 0 radical (unpaired) electrons. The summed E-state index contributed by atoms with van der Waals surface area (Å²) < 4.78 is 0. The zero-order chi connectivity index (χ0) is 17.2. The quantitative estimate of drug-likeness (QED) is 0.796. The lowest BCUT2D eigenvalue weighted by molar-refractivity contribution is -0.122. The predicted octanol–water partition coefficient (Wildman–Crippen LogP) is 1.82. The standard InChI is InChI=1S/C17H20ClN3O3/c18-13-5-3-12(4-6-13)17(7-1-2-8-17)11-19-14(22)9-21-10-15(23)20-16(21)24/h3-6H,1-2,7-11H2,(H,19,22)(H,20,23,24). The Kier molecular flexibility index (Phi) is 4.76. The summed E-state index contributed by atoms with van der Waals surface area (Å²) in [6.07, 6.45) is 4.28. The number of hydrogen-bond donors (Lipinski definition) is 2. The molecule has 1 aliphatic heterocycles. The lowest BCUT2D eigenvalue weighted by Crippen LogP contribution is -2.44. The largest absolute Gasteiger partial charge is 0.354 e. The van der Waals surface area contributed by atoms with Crippen molar-refractivity contribution in [2.24, 2.45) is 0 Å². The molecular weight excluding hydrogens is 330 g/mol. The summed E-state index contributed by atoms with van der Waals surface area (Å²) in [6.45, 7) is 0.361. The fourth-order valence-electron chi connectivity index (χ4n) is 3.53. The molecule has 1 heterocycles. The number of nitrogens with one attached hydrogen (secondary N) is 2. The Hall–Kier alpha value is -2.08. The van der Waals surface area contributed by atoms with Gasteiger partial charge in [0, 0.05) is 17.0 Å². The maximum atomic E-state index is 12.2. The number of nitrogens with zero attached hydrogens (tertiary/aromatic N) is 1. The van der Waals surface area contributed by atoms with Crippen molar-refractivity contribution in [3.8, 4) is 0 Å². The molecule has 2 aliphatic rings. The van der Waals surface area contributed by atoms with Crippen LogP contribution in [0.4, 0.5) is 4.79 Å².